The fourth-order valence-electron chi connectivity index (χ4n) is 3.44. The highest BCUT2D eigenvalue weighted by Crippen LogP contribution is 2.31. The van der Waals surface area contributed by atoms with Gasteiger partial charge in [0.25, 0.3) is 0 Å². The summed E-state index contributed by atoms with van der Waals surface area (Å²) in [5.74, 6) is 1.23. The molecule has 0 saturated carbocycles. The maximum atomic E-state index is 12.8. The minimum atomic E-state index is -3.54. The summed E-state index contributed by atoms with van der Waals surface area (Å²) in [7, 11) is -3.54. The number of carbonyl (C=O) groups is 1. The molecular formula is C22H24N2O5S. The smallest absolute Gasteiger partial charge is 0.246 e. The van der Waals surface area contributed by atoms with Crippen molar-refractivity contribution in [2.24, 2.45) is 0 Å². The number of rotatable bonds is 4. The second-order valence-corrected chi connectivity index (χ2v) is 9.22. The maximum absolute atomic E-state index is 12.8. The van der Waals surface area contributed by atoms with Crippen LogP contribution < -0.4 is 9.47 Å². The summed E-state index contributed by atoms with van der Waals surface area (Å²) in [6.45, 7) is 4.23. The first kappa shape index (κ1) is 20.4. The first-order valence-electron chi connectivity index (χ1n) is 9.87. The number of benzene rings is 2. The van der Waals surface area contributed by atoms with Crippen molar-refractivity contribution >= 4 is 22.0 Å². The number of carbonyl (C=O) groups excluding carboxylic acids is 1. The van der Waals surface area contributed by atoms with Gasteiger partial charge in [0.2, 0.25) is 15.9 Å². The van der Waals surface area contributed by atoms with E-state index in [0.717, 1.165) is 11.1 Å². The van der Waals surface area contributed by atoms with Crippen LogP contribution in [0.4, 0.5) is 0 Å². The summed E-state index contributed by atoms with van der Waals surface area (Å²) in [5.41, 5.74) is 1.85. The van der Waals surface area contributed by atoms with Gasteiger partial charge in [-0.1, -0.05) is 23.8 Å². The molecule has 0 N–H and O–H groups in total. The minimum absolute atomic E-state index is 0.141. The average molecular weight is 429 g/mol. The van der Waals surface area contributed by atoms with E-state index in [9.17, 15) is 13.2 Å². The minimum Gasteiger partial charge on any atom is -0.486 e. The molecule has 0 spiro atoms. The van der Waals surface area contributed by atoms with Crippen LogP contribution >= 0.6 is 0 Å². The molecule has 4 rings (SSSR count). The van der Waals surface area contributed by atoms with E-state index in [1.807, 2.05) is 25.1 Å². The van der Waals surface area contributed by atoms with Gasteiger partial charge in [-0.3, -0.25) is 4.79 Å². The lowest BCUT2D eigenvalue weighted by Gasteiger charge is -2.33. The summed E-state index contributed by atoms with van der Waals surface area (Å²) < 4.78 is 38.1. The molecule has 1 saturated heterocycles. The van der Waals surface area contributed by atoms with Crippen LogP contribution in [0.2, 0.25) is 0 Å². The van der Waals surface area contributed by atoms with Gasteiger partial charge in [-0.25, -0.2) is 8.42 Å². The van der Waals surface area contributed by atoms with E-state index in [4.69, 9.17) is 9.47 Å². The Kier molecular flexibility index (Phi) is 5.78. The first-order valence-corrected chi connectivity index (χ1v) is 11.3. The predicted molar refractivity (Wildman–Crippen MR) is 113 cm³/mol. The number of ether oxygens (including phenoxy) is 2. The average Bonchev–Trinajstić information content (AvgIpc) is 2.77. The molecule has 0 aliphatic carbocycles. The Balaban J connectivity index is 1.36. The number of hydrogen-bond acceptors (Lipinski definition) is 5. The van der Waals surface area contributed by atoms with Crippen LogP contribution in [-0.4, -0.2) is 62.9 Å². The van der Waals surface area contributed by atoms with E-state index in [2.05, 4.69) is 0 Å². The number of nitrogens with zero attached hydrogens (tertiary/aromatic N) is 2. The summed E-state index contributed by atoms with van der Waals surface area (Å²) >= 11 is 0. The van der Waals surface area contributed by atoms with E-state index in [0.29, 0.717) is 37.8 Å². The lowest BCUT2D eigenvalue weighted by Crippen LogP contribution is -2.50. The molecule has 0 bridgehead atoms. The summed E-state index contributed by atoms with van der Waals surface area (Å²) in [6.07, 6.45) is 3.24. The predicted octanol–water partition coefficient (Wildman–Crippen LogP) is 2.31. The molecule has 7 nitrogen and oxygen atoms in total. The molecule has 2 heterocycles. The highest BCUT2D eigenvalue weighted by molar-refractivity contribution is 7.89. The Morgan fingerprint density at radius 3 is 2.30 bits per heavy atom. The van der Waals surface area contributed by atoms with Crippen molar-refractivity contribution in [1.82, 2.24) is 9.21 Å². The van der Waals surface area contributed by atoms with Crippen molar-refractivity contribution in [3.8, 4) is 11.5 Å². The molecule has 2 aromatic carbocycles. The molecule has 8 heteroatoms. The molecular weight excluding hydrogens is 404 g/mol. The molecule has 1 fully saturated rings. The van der Waals surface area contributed by atoms with Gasteiger partial charge in [0.15, 0.2) is 11.5 Å². The Labute approximate surface area is 176 Å². The summed E-state index contributed by atoms with van der Waals surface area (Å²) in [6, 6.07) is 12.3. The van der Waals surface area contributed by atoms with Gasteiger partial charge in [-0.05, 0) is 42.8 Å². The Morgan fingerprint density at radius 2 is 1.60 bits per heavy atom. The van der Waals surface area contributed by atoms with Crippen molar-refractivity contribution < 1.29 is 22.7 Å². The molecule has 2 aliphatic heterocycles. The number of amides is 1. The number of sulfonamides is 1. The van der Waals surface area contributed by atoms with E-state index in [1.54, 1.807) is 35.2 Å². The van der Waals surface area contributed by atoms with Crippen LogP contribution in [-0.2, 0) is 14.8 Å². The molecule has 1 amide bonds. The second kappa shape index (κ2) is 8.49. The maximum Gasteiger partial charge on any atom is 0.246 e. The van der Waals surface area contributed by atoms with Gasteiger partial charge in [0.05, 0.1) is 4.90 Å². The van der Waals surface area contributed by atoms with Gasteiger partial charge in [-0.2, -0.15) is 4.31 Å². The quantitative estimate of drug-likeness (QED) is 0.699. The van der Waals surface area contributed by atoms with Gasteiger partial charge >= 0.3 is 0 Å². The Morgan fingerprint density at radius 1 is 0.933 bits per heavy atom. The lowest BCUT2D eigenvalue weighted by molar-refractivity contribution is -0.127. The van der Waals surface area contributed by atoms with Crippen LogP contribution in [0.25, 0.3) is 6.08 Å². The zero-order chi connectivity index (χ0) is 21.1. The van der Waals surface area contributed by atoms with Crippen LogP contribution in [0, 0.1) is 6.92 Å². The summed E-state index contributed by atoms with van der Waals surface area (Å²) in [5, 5.41) is 0. The third-order valence-corrected chi connectivity index (χ3v) is 7.11. The topological polar surface area (TPSA) is 76.2 Å². The van der Waals surface area contributed by atoms with Crippen LogP contribution in [0.5, 0.6) is 11.5 Å². The fraction of sp³-hybridized carbons (Fsp3) is 0.318. The molecule has 30 heavy (non-hydrogen) atoms. The third-order valence-electron chi connectivity index (χ3n) is 5.19. The van der Waals surface area contributed by atoms with E-state index < -0.39 is 10.0 Å². The van der Waals surface area contributed by atoms with E-state index in [1.165, 1.54) is 10.4 Å². The third kappa shape index (κ3) is 4.34. The van der Waals surface area contributed by atoms with Crippen molar-refractivity contribution in [2.75, 3.05) is 39.4 Å². The molecule has 0 atom stereocenters. The van der Waals surface area contributed by atoms with Gasteiger partial charge in [0.1, 0.15) is 13.2 Å². The van der Waals surface area contributed by atoms with E-state index >= 15 is 0 Å². The molecule has 2 aromatic rings. The molecule has 0 radical (unpaired) electrons. The van der Waals surface area contributed by atoms with Crippen LogP contribution in [0.3, 0.4) is 0 Å². The fourth-order valence-corrected chi connectivity index (χ4v) is 4.87. The van der Waals surface area contributed by atoms with Gasteiger partial charge in [0, 0.05) is 32.3 Å². The SMILES string of the molecule is Cc1ccc(S(=O)(=O)N2CCN(C(=O)/C=C/c3ccc4c(c3)OCCO4)CC2)cc1. The zero-order valence-electron chi connectivity index (χ0n) is 16.8. The number of piperazine rings is 1. The second-order valence-electron chi connectivity index (χ2n) is 7.28. The van der Waals surface area contributed by atoms with Crippen molar-refractivity contribution in [3.63, 3.8) is 0 Å². The molecule has 158 valence electrons. The molecule has 2 aliphatic rings. The van der Waals surface area contributed by atoms with Gasteiger partial charge < -0.3 is 14.4 Å². The zero-order valence-corrected chi connectivity index (χ0v) is 17.6. The molecule has 0 unspecified atom stereocenters. The normalized spacial score (nSPS) is 17.3. The standard InChI is InChI=1S/C22H24N2O5S/c1-17-2-6-19(7-3-17)30(26,27)24-12-10-23(11-13-24)22(25)9-5-18-4-8-20-21(16-18)29-15-14-28-20/h2-9,16H,10-15H2,1H3/b9-5+. The Hall–Kier alpha value is -2.84. The van der Waals surface area contributed by atoms with Gasteiger partial charge in [-0.15, -0.1) is 0 Å². The monoisotopic (exact) mass is 428 g/mol. The van der Waals surface area contributed by atoms with Crippen molar-refractivity contribution in [1.29, 1.82) is 0 Å². The van der Waals surface area contributed by atoms with Crippen LogP contribution in [0.1, 0.15) is 11.1 Å². The van der Waals surface area contributed by atoms with Crippen LogP contribution in [0.15, 0.2) is 53.4 Å². The number of hydrogen-bond donors (Lipinski definition) is 0. The Bertz CT molecular complexity index is 1060. The van der Waals surface area contributed by atoms with Crippen molar-refractivity contribution in [3.05, 3.63) is 59.7 Å². The summed E-state index contributed by atoms with van der Waals surface area (Å²) in [4.78, 5) is 14.5. The lowest BCUT2D eigenvalue weighted by atomic mass is 10.1. The largest absolute Gasteiger partial charge is 0.486 e. The van der Waals surface area contributed by atoms with E-state index in [-0.39, 0.29) is 23.9 Å². The highest BCUT2D eigenvalue weighted by Gasteiger charge is 2.29. The number of aryl methyl sites for hydroxylation is 1. The first-order chi connectivity index (χ1) is 14.4. The molecule has 0 aromatic heterocycles. The van der Waals surface area contributed by atoms with Crippen molar-refractivity contribution in [2.45, 2.75) is 11.8 Å². The number of fused-ring (bicyclic) bond motifs is 1. The highest BCUT2D eigenvalue weighted by atomic mass is 32.2.